The van der Waals surface area contributed by atoms with E-state index in [4.69, 9.17) is 0 Å². The minimum Gasteiger partial charge on any atom is -0.394 e. The molecule has 1 atom stereocenters. The van der Waals surface area contributed by atoms with Crippen molar-refractivity contribution in [2.45, 2.75) is 37.3 Å². The molecule has 0 bridgehead atoms. The number of amides is 1. The highest BCUT2D eigenvalue weighted by atomic mass is 19.1. The molecule has 0 spiro atoms. The number of nitrogens with zero attached hydrogens (tertiary/aromatic N) is 3. The first-order valence-corrected chi connectivity index (χ1v) is 10.1. The van der Waals surface area contributed by atoms with E-state index in [2.05, 4.69) is 10.4 Å². The van der Waals surface area contributed by atoms with Gasteiger partial charge in [0.15, 0.2) is 0 Å². The molecule has 1 aliphatic carbocycles. The number of benzene rings is 1. The first-order valence-electron chi connectivity index (χ1n) is 10.1. The quantitative estimate of drug-likeness (QED) is 0.675. The standard InChI is InChI=1S/C22H22F2N4O2/c23-14-3-4-18(24)16(10-14)19-2-1-8-27(19)15-5-9-28-20(11-15)17(12-25-28)21(30)26-22(13-29)6-7-22/h3-5,9-12,19,29H,1-2,6-8,13H2,(H,26,30)/t19-/m1/s1. The Morgan fingerprint density at radius 3 is 2.87 bits per heavy atom. The van der Waals surface area contributed by atoms with Gasteiger partial charge >= 0.3 is 0 Å². The lowest BCUT2D eigenvalue weighted by molar-refractivity contribution is 0.0908. The topological polar surface area (TPSA) is 69.9 Å². The van der Waals surface area contributed by atoms with E-state index in [1.54, 1.807) is 10.7 Å². The Kier molecular flexibility index (Phi) is 4.47. The average Bonchev–Trinajstić information content (AvgIpc) is 3.15. The van der Waals surface area contributed by atoms with E-state index < -0.39 is 17.2 Å². The molecule has 0 radical (unpaired) electrons. The SMILES string of the molecule is O=C(NC1(CO)CC1)c1cnn2ccc(N3CCC[C@@H]3c3cc(F)ccc3F)cc12. The fourth-order valence-corrected chi connectivity index (χ4v) is 4.27. The van der Waals surface area contributed by atoms with Crippen molar-refractivity contribution in [3.05, 3.63) is 65.5 Å². The summed E-state index contributed by atoms with van der Waals surface area (Å²) >= 11 is 0. The number of aliphatic hydroxyl groups excluding tert-OH is 1. The number of rotatable bonds is 5. The van der Waals surface area contributed by atoms with Crippen molar-refractivity contribution in [2.24, 2.45) is 0 Å². The van der Waals surface area contributed by atoms with Crippen LogP contribution < -0.4 is 10.2 Å². The zero-order valence-corrected chi connectivity index (χ0v) is 16.3. The van der Waals surface area contributed by atoms with Crippen molar-refractivity contribution in [3.8, 4) is 0 Å². The largest absolute Gasteiger partial charge is 0.394 e. The van der Waals surface area contributed by atoms with Crippen LogP contribution in [0.1, 0.15) is 47.6 Å². The Balaban J connectivity index is 1.48. The van der Waals surface area contributed by atoms with E-state index in [-0.39, 0.29) is 18.6 Å². The van der Waals surface area contributed by atoms with E-state index in [1.165, 1.54) is 18.3 Å². The lowest BCUT2D eigenvalue weighted by Gasteiger charge is -2.27. The number of aliphatic hydroxyl groups is 1. The summed E-state index contributed by atoms with van der Waals surface area (Å²) in [4.78, 5) is 14.8. The predicted molar refractivity (Wildman–Crippen MR) is 107 cm³/mol. The fraction of sp³-hybridized carbons (Fsp3) is 0.364. The molecule has 6 nitrogen and oxygen atoms in total. The summed E-state index contributed by atoms with van der Waals surface area (Å²) in [6, 6.07) is 7.01. The summed E-state index contributed by atoms with van der Waals surface area (Å²) in [5.41, 5.74) is 1.70. The molecule has 1 saturated carbocycles. The van der Waals surface area contributed by atoms with E-state index in [0.29, 0.717) is 23.2 Å². The smallest absolute Gasteiger partial charge is 0.255 e. The van der Waals surface area contributed by atoms with Crippen LogP contribution >= 0.6 is 0 Å². The van der Waals surface area contributed by atoms with Crippen LogP contribution in [0.2, 0.25) is 0 Å². The van der Waals surface area contributed by atoms with Gasteiger partial charge in [0.25, 0.3) is 5.91 Å². The summed E-state index contributed by atoms with van der Waals surface area (Å²) in [7, 11) is 0. The molecular weight excluding hydrogens is 390 g/mol. The second kappa shape index (κ2) is 7.05. The zero-order valence-electron chi connectivity index (χ0n) is 16.3. The van der Waals surface area contributed by atoms with E-state index in [1.807, 2.05) is 17.0 Å². The van der Waals surface area contributed by atoms with Crippen molar-refractivity contribution >= 4 is 17.1 Å². The first kappa shape index (κ1) is 19.0. The van der Waals surface area contributed by atoms with Gasteiger partial charge in [0.05, 0.1) is 35.5 Å². The third-order valence-corrected chi connectivity index (χ3v) is 6.19. The highest BCUT2D eigenvalue weighted by molar-refractivity contribution is 6.01. The van der Waals surface area contributed by atoms with Crippen molar-refractivity contribution in [3.63, 3.8) is 0 Å². The number of carbonyl (C=O) groups excluding carboxylic acids is 1. The lowest BCUT2D eigenvalue weighted by Crippen LogP contribution is -2.39. The van der Waals surface area contributed by atoms with Crippen LogP contribution in [0.4, 0.5) is 14.5 Å². The van der Waals surface area contributed by atoms with Crippen LogP contribution in [0.25, 0.3) is 5.52 Å². The van der Waals surface area contributed by atoms with Crippen LogP contribution in [0.3, 0.4) is 0 Å². The molecule has 2 aromatic heterocycles. The molecule has 2 fully saturated rings. The Labute approximate surface area is 172 Å². The maximum atomic E-state index is 14.4. The molecule has 2 N–H and O–H groups in total. The molecule has 8 heteroatoms. The van der Waals surface area contributed by atoms with E-state index in [0.717, 1.165) is 37.4 Å². The molecule has 1 aromatic carbocycles. The Morgan fingerprint density at radius 2 is 2.10 bits per heavy atom. The summed E-state index contributed by atoms with van der Waals surface area (Å²) in [6.45, 7) is 0.623. The van der Waals surface area contributed by atoms with Gasteiger partial charge in [-0.2, -0.15) is 5.10 Å². The predicted octanol–water partition coefficient (Wildman–Crippen LogP) is 3.21. The number of pyridine rings is 1. The second-order valence-corrected chi connectivity index (χ2v) is 8.18. The molecule has 1 saturated heterocycles. The summed E-state index contributed by atoms with van der Waals surface area (Å²) < 4.78 is 29.8. The Hall–Kier alpha value is -3.00. The van der Waals surface area contributed by atoms with Gasteiger partial charge in [-0.3, -0.25) is 4.79 Å². The minimum atomic E-state index is -0.516. The van der Waals surface area contributed by atoms with Crippen LogP contribution in [0, 0.1) is 11.6 Å². The average molecular weight is 412 g/mol. The molecule has 3 heterocycles. The summed E-state index contributed by atoms with van der Waals surface area (Å²) in [6.07, 6.45) is 6.37. The van der Waals surface area contributed by atoms with Crippen molar-refractivity contribution in [2.75, 3.05) is 18.1 Å². The number of anilines is 1. The van der Waals surface area contributed by atoms with Crippen molar-refractivity contribution < 1.29 is 18.7 Å². The third-order valence-electron chi connectivity index (χ3n) is 6.19. The highest BCUT2D eigenvalue weighted by Crippen LogP contribution is 2.38. The number of carbonyl (C=O) groups is 1. The number of fused-ring (bicyclic) bond motifs is 1. The number of halogens is 2. The Morgan fingerprint density at radius 1 is 1.27 bits per heavy atom. The molecule has 156 valence electrons. The van der Waals surface area contributed by atoms with Crippen molar-refractivity contribution in [1.29, 1.82) is 0 Å². The Bertz CT molecular complexity index is 1130. The molecule has 5 rings (SSSR count). The monoisotopic (exact) mass is 412 g/mol. The minimum absolute atomic E-state index is 0.0855. The van der Waals surface area contributed by atoms with Crippen molar-refractivity contribution in [1.82, 2.24) is 14.9 Å². The number of nitrogens with one attached hydrogen (secondary N) is 1. The number of aromatic nitrogens is 2. The first-order chi connectivity index (χ1) is 14.5. The zero-order chi connectivity index (χ0) is 20.9. The third kappa shape index (κ3) is 3.21. The van der Waals surface area contributed by atoms with Crippen LogP contribution in [0.5, 0.6) is 0 Å². The molecular formula is C22H22F2N4O2. The molecule has 3 aromatic rings. The number of hydrogen-bond acceptors (Lipinski definition) is 4. The van der Waals surface area contributed by atoms with Crippen LogP contribution in [-0.4, -0.2) is 39.3 Å². The molecule has 0 unspecified atom stereocenters. The number of hydrogen-bond donors (Lipinski definition) is 2. The molecule has 1 amide bonds. The van der Waals surface area contributed by atoms with Gasteiger partial charge in [-0.15, -0.1) is 0 Å². The van der Waals surface area contributed by atoms with E-state index >= 15 is 0 Å². The van der Waals surface area contributed by atoms with Gasteiger partial charge in [-0.25, -0.2) is 13.3 Å². The van der Waals surface area contributed by atoms with Crippen LogP contribution in [-0.2, 0) is 0 Å². The molecule has 1 aliphatic heterocycles. The maximum absolute atomic E-state index is 14.4. The van der Waals surface area contributed by atoms with Gasteiger partial charge in [0.1, 0.15) is 11.6 Å². The van der Waals surface area contributed by atoms with Gasteiger partial charge in [0, 0.05) is 24.0 Å². The van der Waals surface area contributed by atoms with Gasteiger partial charge in [-0.05, 0) is 56.0 Å². The maximum Gasteiger partial charge on any atom is 0.255 e. The second-order valence-electron chi connectivity index (χ2n) is 8.18. The fourth-order valence-electron chi connectivity index (χ4n) is 4.27. The van der Waals surface area contributed by atoms with Gasteiger partial charge in [0.2, 0.25) is 0 Å². The summed E-state index contributed by atoms with van der Waals surface area (Å²) in [5, 5.41) is 16.6. The normalized spacial score (nSPS) is 20.0. The molecule has 30 heavy (non-hydrogen) atoms. The van der Waals surface area contributed by atoms with E-state index in [9.17, 15) is 18.7 Å². The van der Waals surface area contributed by atoms with Gasteiger partial charge < -0.3 is 15.3 Å². The van der Waals surface area contributed by atoms with Crippen LogP contribution in [0.15, 0.2) is 42.7 Å². The highest BCUT2D eigenvalue weighted by Gasteiger charge is 2.43. The van der Waals surface area contributed by atoms with Gasteiger partial charge in [-0.1, -0.05) is 0 Å². The lowest BCUT2D eigenvalue weighted by atomic mass is 10.0. The summed E-state index contributed by atoms with van der Waals surface area (Å²) in [5.74, 6) is -1.15. The molecule has 2 aliphatic rings.